The monoisotopic (exact) mass is 476 g/mol. The van der Waals surface area contributed by atoms with Gasteiger partial charge in [0, 0.05) is 19.6 Å². The summed E-state index contributed by atoms with van der Waals surface area (Å²) < 4.78 is 85.7. The van der Waals surface area contributed by atoms with E-state index in [1.54, 1.807) is 0 Å². The second-order valence-electron chi connectivity index (χ2n) is 6.99. The molecule has 1 N–H and O–H groups in total. The molecule has 14 nitrogen and oxygen atoms in total. The highest BCUT2D eigenvalue weighted by Crippen LogP contribution is 2.34. The lowest BCUT2D eigenvalue weighted by Gasteiger charge is -2.37. The van der Waals surface area contributed by atoms with Gasteiger partial charge in [-0.25, -0.2) is 30.2 Å². The van der Waals surface area contributed by atoms with Crippen molar-refractivity contribution in [2.45, 2.75) is 36.7 Å². The first-order valence-electron chi connectivity index (χ1n) is 8.45. The molecule has 0 aromatic heterocycles. The maximum atomic E-state index is 13.0. The molecule has 0 spiro atoms. The van der Waals surface area contributed by atoms with Crippen molar-refractivity contribution in [1.82, 2.24) is 18.6 Å². The molecule has 3 fully saturated rings. The molecule has 0 saturated carbocycles. The Labute approximate surface area is 168 Å². The molecule has 3 aliphatic heterocycles. The lowest BCUT2D eigenvalue weighted by atomic mass is 10.1. The minimum atomic E-state index is -4.97. The Kier molecular flexibility index (Phi) is 5.59. The molecule has 0 radical (unpaired) electrons. The Hall–Kier alpha value is -1.53. The van der Waals surface area contributed by atoms with Crippen LogP contribution in [0.15, 0.2) is 0 Å². The third-order valence-electron chi connectivity index (χ3n) is 5.16. The lowest BCUT2D eigenvalue weighted by molar-refractivity contribution is -0.117. The van der Waals surface area contributed by atoms with Gasteiger partial charge in [-0.05, 0) is 19.3 Å². The first-order chi connectivity index (χ1) is 13.3. The Morgan fingerprint density at radius 2 is 1.76 bits per heavy atom. The first kappa shape index (κ1) is 22.2. The average molecular weight is 477 g/mol. The van der Waals surface area contributed by atoms with E-state index < -0.39 is 53.9 Å². The van der Waals surface area contributed by atoms with Gasteiger partial charge in [-0.3, -0.25) is 14.2 Å². The van der Waals surface area contributed by atoms with Gasteiger partial charge >= 0.3 is 16.4 Å². The van der Waals surface area contributed by atoms with Crippen molar-refractivity contribution in [3.8, 4) is 0 Å². The largest absolute Gasteiger partial charge is 0.418 e. The zero-order chi connectivity index (χ0) is 21.8. The molecule has 2 bridgehead atoms. The quantitative estimate of drug-likeness (QED) is 0.312. The molecule has 3 amide bonds. The molecule has 166 valence electrons. The second-order valence-corrected chi connectivity index (χ2v) is 12.1. The van der Waals surface area contributed by atoms with E-state index in [1.165, 1.54) is 0 Å². The van der Waals surface area contributed by atoms with Gasteiger partial charge in [0.15, 0.2) is 0 Å². The van der Waals surface area contributed by atoms with E-state index in [9.17, 15) is 34.8 Å². The Morgan fingerprint density at radius 1 is 1.10 bits per heavy atom. The van der Waals surface area contributed by atoms with Crippen molar-refractivity contribution in [2.75, 3.05) is 25.9 Å². The summed E-state index contributed by atoms with van der Waals surface area (Å²) in [6.45, 7) is -0.438. The van der Waals surface area contributed by atoms with Gasteiger partial charge in [0.1, 0.15) is 6.17 Å². The molecule has 3 atom stereocenters. The van der Waals surface area contributed by atoms with Crippen LogP contribution >= 0.6 is 0 Å². The molecule has 3 saturated heterocycles. The van der Waals surface area contributed by atoms with Crippen LogP contribution in [0.25, 0.3) is 0 Å². The van der Waals surface area contributed by atoms with Crippen molar-refractivity contribution in [1.29, 1.82) is 0 Å². The predicted molar refractivity (Wildman–Crippen MR) is 95.0 cm³/mol. The summed E-state index contributed by atoms with van der Waals surface area (Å²) in [5, 5.41) is -0.727. The first-order valence-corrected chi connectivity index (χ1v) is 13.2. The summed E-state index contributed by atoms with van der Waals surface area (Å²) in [6.07, 6.45) is -0.0918. The third-order valence-corrected chi connectivity index (χ3v) is 8.92. The van der Waals surface area contributed by atoms with Gasteiger partial charge in [-0.1, -0.05) is 0 Å². The average Bonchev–Trinajstić information content (AvgIpc) is 3.17. The van der Waals surface area contributed by atoms with E-state index in [4.69, 9.17) is 4.55 Å². The number of urea groups is 1. The molecule has 17 heteroatoms. The highest BCUT2D eigenvalue weighted by atomic mass is 32.3. The minimum absolute atomic E-state index is 0.0129. The number of hydrogen-bond acceptors (Lipinski definition) is 9. The van der Waals surface area contributed by atoms with Crippen molar-refractivity contribution >= 4 is 42.9 Å². The molecule has 0 aromatic carbocycles. The molecular weight excluding hydrogens is 456 g/mol. The van der Waals surface area contributed by atoms with Crippen LogP contribution in [0, 0.1) is 0 Å². The van der Waals surface area contributed by atoms with Crippen LogP contribution in [0.2, 0.25) is 0 Å². The Bertz CT molecular complexity index is 1010. The maximum Gasteiger partial charge on any atom is 0.418 e. The van der Waals surface area contributed by atoms with Gasteiger partial charge < -0.3 is 0 Å². The molecule has 0 aromatic rings. The molecule has 3 heterocycles. The van der Waals surface area contributed by atoms with Crippen molar-refractivity contribution in [3.05, 3.63) is 0 Å². The summed E-state index contributed by atoms with van der Waals surface area (Å²) in [5.74, 6) is 0. The normalized spacial score (nSPS) is 28.8. The van der Waals surface area contributed by atoms with Crippen LogP contribution in [-0.2, 0) is 39.5 Å². The standard InChI is InChI=1S/C12H20N4O10S3/c1-27(19,20)13-5-4-10(7-13)28(21,22)15(8-17)11-3-2-9-6-14(11)12(18)16(9)26-29(23,24)25/h8-11H,2-7H2,1H3,(H,23,24,25)/t9-,10+,11+/m1/s1. The fraction of sp³-hybridized carbons (Fsp3) is 0.833. The summed E-state index contributed by atoms with van der Waals surface area (Å²) in [7, 11) is -12.9. The molecule has 3 rings (SSSR count). The van der Waals surface area contributed by atoms with E-state index in [0.29, 0.717) is 9.37 Å². The van der Waals surface area contributed by atoms with Gasteiger partial charge in [0.2, 0.25) is 26.5 Å². The smallest absolute Gasteiger partial charge is 0.299 e. The maximum absolute atomic E-state index is 13.0. The Morgan fingerprint density at radius 3 is 2.28 bits per heavy atom. The highest BCUT2D eigenvalue weighted by Gasteiger charge is 2.52. The Balaban J connectivity index is 1.82. The number of hydrogen-bond donors (Lipinski definition) is 1. The summed E-state index contributed by atoms with van der Waals surface area (Å²) in [6, 6.07) is -1.76. The van der Waals surface area contributed by atoms with Crippen LogP contribution in [-0.4, -0.2) is 104 Å². The number of hydroxylamine groups is 2. The van der Waals surface area contributed by atoms with Crippen LogP contribution in [0.1, 0.15) is 19.3 Å². The number of fused-ring (bicyclic) bond motifs is 2. The van der Waals surface area contributed by atoms with E-state index in [0.717, 1.165) is 15.5 Å². The van der Waals surface area contributed by atoms with Gasteiger partial charge in [-0.15, -0.1) is 4.28 Å². The van der Waals surface area contributed by atoms with Gasteiger partial charge in [-0.2, -0.15) is 13.5 Å². The van der Waals surface area contributed by atoms with E-state index in [1.807, 2.05) is 0 Å². The topological polar surface area (TPSA) is 179 Å². The van der Waals surface area contributed by atoms with Crippen LogP contribution in [0.4, 0.5) is 4.79 Å². The van der Waals surface area contributed by atoms with Crippen molar-refractivity contribution in [3.63, 3.8) is 0 Å². The van der Waals surface area contributed by atoms with Gasteiger partial charge in [0.25, 0.3) is 0 Å². The second kappa shape index (κ2) is 7.31. The zero-order valence-corrected chi connectivity index (χ0v) is 17.6. The predicted octanol–water partition coefficient (Wildman–Crippen LogP) is -2.23. The molecule has 3 aliphatic rings. The van der Waals surface area contributed by atoms with Crippen LogP contribution in [0.5, 0.6) is 0 Å². The number of piperidine rings is 1. The van der Waals surface area contributed by atoms with E-state index >= 15 is 0 Å². The molecular formula is C12H20N4O10S3. The van der Waals surface area contributed by atoms with E-state index in [2.05, 4.69) is 4.28 Å². The van der Waals surface area contributed by atoms with Gasteiger partial charge in [0.05, 0.1) is 17.5 Å². The number of carbonyl (C=O) groups excluding carboxylic acids is 2. The zero-order valence-electron chi connectivity index (χ0n) is 15.2. The number of carbonyl (C=O) groups is 2. The van der Waals surface area contributed by atoms with Crippen LogP contribution in [0.3, 0.4) is 0 Å². The summed E-state index contributed by atoms with van der Waals surface area (Å²) >= 11 is 0. The lowest BCUT2D eigenvalue weighted by Crippen LogP contribution is -2.55. The number of nitrogens with zero attached hydrogens (tertiary/aromatic N) is 4. The fourth-order valence-corrected chi connectivity index (χ4v) is 6.95. The molecule has 0 aliphatic carbocycles. The highest BCUT2D eigenvalue weighted by molar-refractivity contribution is 7.90. The number of rotatable bonds is 7. The van der Waals surface area contributed by atoms with Crippen molar-refractivity contribution < 1.29 is 43.7 Å². The van der Waals surface area contributed by atoms with E-state index in [-0.39, 0.29) is 45.3 Å². The summed E-state index contributed by atoms with van der Waals surface area (Å²) in [5.41, 5.74) is 0. The molecule has 0 unspecified atom stereocenters. The van der Waals surface area contributed by atoms with Crippen LogP contribution < -0.4 is 0 Å². The fourth-order valence-electron chi connectivity index (χ4n) is 3.79. The number of sulfonamides is 2. The van der Waals surface area contributed by atoms with Crippen molar-refractivity contribution in [2.24, 2.45) is 0 Å². The minimum Gasteiger partial charge on any atom is -0.299 e. The third kappa shape index (κ3) is 4.19. The summed E-state index contributed by atoms with van der Waals surface area (Å²) in [4.78, 5) is 25.1. The number of amides is 3. The molecule has 29 heavy (non-hydrogen) atoms. The SMILES string of the molecule is CS(=O)(=O)N1CC[C@H](S(=O)(=O)N(C=O)[C@H]2CC[C@@H]3CN2C(=O)N3OS(=O)(=O)O)C1.